The van der Waals surface area contributed by atoms with Gasteiger partial charge in [-0.2, -0.15) is 0 Å². The van der Waals surface area contributed by atoms with Gasteiger partial charge in [-0.15, -0.1) is 0 Å². The second-order valence-corrected chi connectivity index (χ2v) is 15.1. The molecule has 0 aliphatic heterocycles. The predicted octanol–water partition coefficient (Wildman–Crippen LogP) is 14.4. The molecule has 0 aliphatic rings. The summed E-state index contributed by atoms with van der Waals surface area (Å²) in [7, 11) is 0. The number of aromatic nitrogens is 4. The lowest BCUT2D eigenvalue weighted by atomic mass is 9.95. The standard InChI is InChI=1S/C56H36N4/c1-3-13-37(14-4-1)38-29-31-42(32-30-38)55-58-54(41-15-5-2-6-16-41)59-56(60-55)48-22-12-20-44(34-48)40-27-25-39(26-28-40)43-19-11-21-47(33-43)53-50-24-10-9-23-49(50)51-35-45-17-7-8-18-46(45)36-52(51)57-53/h1-36H. The van der Waals surface area contributed by atoms with E-state index in [9.17, 15) is 0 Å². The second kappa shape index (κ2) is 15.0. The molecule has 0 N–H and O–H groups in total. The molecule has 2 heterocycles. The van der Waals surface area contributed by atoms with Crippen molar-refractivity contribution in [2.75, 3.05) is 0 Å². The highest BCUT2D eigenvalue weighted by Gasteiger charge is 2.15. The SMILES string of the molecule is c1ccc(-c2ccc(-c3nc(-c4ccccc4)nc(-c4cccc(-c5ccc(-c6cccc(-c7nc8cc9ccccc9cc8c8ccccc78)c6)cc5)c4)n3)cc2)cc1. The van der Waals surface area contributed by atoms with Crippen LogP contribution in [0.15, 0.2) is 218 Å². The molecule has 9 aromatic carbocycles. The third-order valence-corrected chi connectivity index (χ3v) is 11.3. The van der Waals surface area contributed by atoms with Crippen molar-refractivity contribution in [3.8, 4) is 78.8 Å². The largest absolute Gasteiger partial charge is 0.247 e. The maximum Gasteiger partial charge on any atom is 0.164 e. The molecule has 0 amide bonds. The van der Waals surface area contributed by atoms with E-state index in [2.05, 4.69) is 182 Å². The van der Waals surface area contributed by atoms with E-state index in [4.69, 9.17) is 19.9 Å². The molecule has 0 saturated heterocycles. The lowest BCUT2D eigenvalue weighted by molar-refractivity contribution is 1.07. The van der Waals surface area contributed by atoms with Gasteiger partial charge in [0.15, 0.2) is 17.5 Å². The van der Waals surface area contributed by atoms with E-state index >= 15 is 0 Å². The number of pyridine rings is 1. The molecule has 4 heteroatoms. The second-order valence-electron chi connectivity index (χ2n) is 15.1. The average Bonchev–Trinajstić information content (AvgIpc) is 3.34. The number of nitrogens with zero attached hydrogens (tertiary/aromatic N) is 4. The number of benzene rings is 9. The van der Waals surface area contributed by atoms with Crippen LogP contribution >= 0.6 is 0 Å². The smallest absolute Gasteiger partial charge is 0.164 e. The van der Waals surface area contributed by atoms with Crippen molar-refractivity contribution < 1.29 is 0 Å². The number of fused-ring (bicyclic) bond motifs is 4. The fraction of sp³-hybridized carbons (Fsp3) is 0. The normalized spacial score (nSPS) is 11.3. The number of hydrogen-bond donors (Lipinski definition) is 0. The lowest BCUT2D eigenvalue weighted by Crippen LogP contribution is -2.00. The first-order valence-electron chi connectivity index (χ1n) is 20.2. The van der Waals surface area contributed by atoms with E-state index in [1.165, 1.54) is 27.1 Å². The van der Waals surface area contributed by atoms with Crippen molar-refractivity contribution in [1.29, 1.82) is 0 Å². The lowest BCUT2D eigenvalue weighted by Gasteiger charge is -2.13. The molecule has 0 fully saturated rings. The Morgan fingerprint density at radius 1 is 0.217 bits per heavy atom. The summed E-state index contributed by atoms with van der Waals surface area (Å²) in [6.45, 7) is 0. The van der Waals surface area contributed by atoms with Gasteiger partial charge in [0.1, 0.15) is 0 Å². The Balaban J connectivity index is 0.922. The topological polar surface area (TPSA) is 51.6 Å². The summed E-state index contributed by atoms with van der Waals surface area (Å²) in [5, 5.41) is 5.94. The highest BCUT2D eigenvalue weighted by Crippen LogP contribution is 2.37. The van der Waals surface area contributed by atoms with Crippen molar-refractivity contribution in [3.63, 3.8) is 0 Å². The molecular formula is C56H36N4. The highest BCUT2D eigenvalue weighted by atomic mass is 15.0. The Morgan fingerprint density at radius 2 is 0.617 bits per heavy atom. The molecular weight excluding hydrogens is 729 g/mol. The molecule has 11 rings (SSSR count). The zero-order valence-corrected chi connectivity index (χ0v) is 32.6. The summed E-state index contributed by atoms with van der Waals surface area (Å²) in [5.74, 6) is 1.90. The molecule has 11 aromatic rings. The van der Waals surface area contributed by atoms with E-state index in [0.717, 1.165) is 66.7 Å². The molecule has 0 aliphatic carbocycles. The Morgan fingerprint density at radius 3 is 1.25 bits per heavy atom. The number of rotatable bonds is 7. The maximum atomic E-state index is 5.29. The summed E-state index contributed by atoms with van der Waals surface area (Å²) >= 11 is 0. The van der Waals surface area contributed by atoms with Gasteiger partial charge in [-0.3, -0.25) is 0 Å². The van der Waals surface area contributed by atoms with E-state index in [1.807, 2.05) is 36.4 Å². The van der Waals surface area contributed by atoms with Crippen LogP contribution in [0.3, 0.4) is 0 Å². The van der Waals surface area contributed by atoms with E-state index in [-0.39, 0.29) is 0 Å². The van der Waals surface area contributed by atoms with Crippen molar-refractivity contribution in [1.82, 2.24) is 19.9 Å². The Hall–Kier alpha value is -8.08. The molecule has 60 heavy (non-hydrogen) atoms. The first kappa shape index (κ1) is 35.1. The number of hydrogen-bond acceptors (Lipinski definition) is 4. The molecule has 0 unspecified atom stereocenters. The third-order valence-electron chi connectivity index (χ3n) is 11.3. The minimum absolute atomic E-state index is 0.629. The van der Waals surface area contributed by atoms with Crippen LogP contribution in [0.25, 0.3) is 111 Å². The fourth-order valence-corrected chi connectivity index (χ4v) is 8.19. The van der Waals surface area contributed by atoms with Crippen LogP contribution in [0, 0.1) is 0 Å². The molecule has 0 saturated carbocycles. The molecule has 0 spiro atoms. The Kier molecular flexibility index (Phi) is 8.79. The highest BCUT2D eigenvalue weighted by molar-refractivity contribution is 6.14. The van der Waals surface area contributed by atoms with Crippen LogP contribution in [0.1, 0.15) is 0 Å². The zero-order chi connectivity index (χ0) is 39.8. The van der Waals surface area contributed by atoms with Gasteiger partial charge in [0, 0.05) is 33.0 Å². The molecule has 0 atom stereocenters. The van der Waals surface area contributed by atoms with Gasteiger partial charge in [0.25, 0.3) is 0 Å². The predicted molar refractivity (Wildman–Crippen MR) is 248 cm³/mol. The summed E-state index contributed by atoms with van der Waals surface area (Å²) in [6, 6.07) is 76.5. The van der Waals surface area contributed by atoms with Gasteiger partial charge >= 0.3 is 0 Å². The van der Waals surface area contributed by atoms with E-state index in [0.29, 0.717) is 17.5 Å². The minimum atomic E-state index is 0.629. The Bertz CT molecular complexity index is 3340. The summed E-state index contributed by atoms with van der Waals surface area (Å²) in [6.07, 6.45) is 0. The molecule has 0 radical (unpaired) electrons. The first-order valence-corrected chi connectivity index (χ1v) is 20.2. The molecule has 4 nitrogen and oxygen atoms in total. The van der Waals surface area contributed by atoms with Crippen LogP contribution in [0.4, 0.5) is 0 Å². The van der Waals surface area contributed by atoms with Crippen LogP contribution in [0.5, 0.6) is 0 Å². The van der Waals surface area contributed by atoms with Crippen molar-refractivity contribution in [3.05, 3.63) is 218 Å². The minimum Gasteiger partial charge on any atom is -0.247 e. The van der Waals surface area contributed by atoms with Gasteiger partial charge in [-0.1, -0.05) is 194 Å². The third kappa shape index (κ3) is 6.66. The van der Waals surface area contributed by atoms with Gasteiger partial charge < -0.3 is 0 Å². The van der Waals surface area contributed by atoms with Gasteiger partial charge in [-0.25, -0.2) is 19.9 Å². The van der Waals surface area contributed by atoms with Gasteiger partial charge in [0.05, 0.1) is 11.2 Å². The quantitative estimate of drug-likeness (QED) is 0.120. The Labute approximate surface area is 348 Å². The first-order chi connectivity index (χ1) is 29.7. The van der Waals surface area contributed by atoms with Crippen LogP contribution < -0.4 is 0 Å². The van der Waals surface area contributed by atoms with Gasteiger partial charge in [-0.05, 0) is 73.8 Å². The van der Waals surface area contributed by atoms with E-state index < -0.39 is 0 Å². The fourth-order valence-electron chi connectivity index (χ4n) is 8.19. The molecule has 2 aromatic heterocycles. The van der Waals surface area contributed by atoms with Crippen LogP contribution in [0.2, 0.25) is 0 Å². The van der Waals surface area contributed by atoms with Gasteiger partial charge in [0.2, 0.25) is 0 Å². The zero-order valence-electron chi connectivity index (χ0n) is 32.6. The average molecular weight is 765 g/mol. The summed E-state index contributed by atoms with van der Waals surface area (Å²) < 4.78 is 0. The van der Waals surface area contributed by atoms with E-state index in [1.54, 1.807) is 0 Å². The van der Waals surface area contributed by atoms with Crippen molar-refractivity contribution in [2.24, 2.45) is 0 Å². The van der Waals surface area contributed by atoms with Crippen LogP contribution in [-0.2, 0) is 0 Å². The maximum absolute atomic E-state index is 5.29. The summed E-state index contributed by atoms with van der Waals surface area (Å²) in [4.78, 5) is 20.3. The van der Waals surface area contributed by atoms with Crippen molar-refractivity contribution in [2.45, 2.75) is 0 Å². The molecule has 0 bridgehead atoms. The van der Waals surface area contributed by atoms with Crippen molar-refractivity contribution >= 4 is 32.4 Å². The monoisotopic (exact) mass is 764 g/mol. The molecule has 280 valence electrons. The van der Waals surface area contributed by atoms with Crippen LogP contribution in [-0.4, -0.2) is 19.9 Å². The summed E-state index contributed by atoms with van der Waals surface area (Å²) in [5.41, 5.74) is 12.7.